The van der Waals surface area contributed by atoms with Gasteiger partial charge in [0, 0.05) is 12.6 Å². The largest absolute Gasteiger partial charge is 0.355 e. The van der Waals surface area contributed by atoms with E-state index in [2.05, 4.69) is 15.4 Å². The van der Waals surface area contributed by atoms with Crippen LogP contribution in [0.4, 0.5) is 0 Å². The molecule has 10 heteroatoms. The quantitative estimate of drug-likeness (QED) is 0.639. The molecule has 1 aliphatic rings. The number of carbonyl (C=O) groups excluding carboxylic acids is 2. The number of nitrogens with one attached hydrogen (secondary N) is 3. The SMILES string of the molecule is CCNC(=O)C(C)NC(=O)c1cc(S(=O)(=O)NC2CC2)c(Cl)cc1Cl. The van der Waals surface area contributed by atoms with Crippen LogP contribution >= 0.6 is 23.2 Å². The number of halogens is 2. The summed E-state index contributed by atoms with van der Waals surface area (Å²) < 4.78 is 27.2. The second-order valence-electron chi connectivity index (χ2n) is 5.75. The third kappa shape index (κ3) is 5.07. The first-order chi connectivity index (χ1) is 11.7. The summed E-state index contributed by atoms with van der Waals surface area (Å²) in [5, 5.41) is 4.97. The Bertz CT molecular complexity index is 794. The lowest BCUT2D eigenvalue weighted by Gasteiger charge is -2.15. The minimum absolute atomic E-state index is 0.00373. The van der Waals surface area contributed by atoms with Gasteiger partial charge < -0.3 is 10.6 Å². The molecule has 1 aliphatic carbocycles. The zero-order chi connectivity index (χ0) is 18.8. The van der Waals surface area contributed by atoms with Crippen molar-refractivity contribution in [3.05, 3.63) is 27.7 Å². The molecule has 0 aliphatic heterocycles. The summed E-state index contributed by atoms with van der Waals surface area (Å²) in [6.07, 6.45) is 1.53. The van der Waals surface area contributed by atoms with Crippen LogP contribution in [0, 0.1) is 0 Å². The summed E-state index contributed by atoms with van der Waals surface area (Å²) in [6, 6.07) is 1.42. The average Bonchev–Trinajstić information content (AvgIpc) is 3.30. The molecule has 0 bridgehead atoms. The van der Waals surface area contributed by atoms with E-state index >= 15 is 0 Å². The minimum Gasteiger partial charge on any atom is -0.355 e. The number of carbonyl (C=O) groups is 2. The Morgan fingerprint density at radius 1 is 1.24 bits per heavy atom. The number of rotatable bonds is 7. The molecule has 0 saturated heterocycles. The van der Waals surface area contributed by atoms with Crippen LogP contribution in [-0.2, 0) is 14.8 Å². The third-order valence-electron chi connectivity index (χ3n) is 3.55. The number of hydrogen-bond donors (Lipinski definition) is 3. The van der Waals surface area contributed by atoms with Gasteiger partial charge in [-0.1, -0.05) is 23.2 Å². The third-order valence-corrected chi connectivity index (χ3v) is 5.84. The lowest BCUT2D eigenvalue weighted by atomic mass is 10.2. The molecule has 1 atom stereocenters. The van der Waals surface area contributed by atoms with Crippen molar-refractivity contribution >= 4 is 45.0 Å². The van der Waals surface area contributed by atoms with Crippen molar-refractivity contribution in [2.24, 2.45) is 0 Å². The van der Waals surface area contributed by atoms with E-state index in [1.165, 1.54) is 13.0 Å². The second kappa shape index (κ2) is 7.90. The average molecular weight is 408 g/mol. The highest BCUT2D eigenvalue weighted by Crippen LogP contribution is 2.30. The molecule has 1 aromatic rings. The van der Waals surface area contributed by atoms with Crippen LogP contribution in [0.1, 0.15) is 37.0 Å². The van der Waals surface area contributed by atoms with Crippen molar-refractivity contribution in [1.29, 1.82) is 0 Å². The molecule has 1 aromatic carbocycles. The predicted molar refractivity (Wildman–Crippen MR) is 95.4 cm³/mol. The van der Waals surface area contributed by atoms with E-state index in [1.54, 1.807) is 6.92 Å². The van der Waals surface area contributed by atoms with E-state index in [4.69, 9.17) is 23.2 Å². The Morgan fingerprint density at radius 2 is 1.88 bits per heavy atom. The summed E-state index contributed by atoms with van der Waals surface area (Å²) in [4.78, 5) is 23.9. The highest BCUT2D eigenvalue weighted by molar-refractivity contribution is 7.89. The van der Waals surface area contributed by atoms with Crippen LogP contribution in [0.2, 0.25) is 10.0 Å². The van der Waals surface area contributed by atoms with Crippen LogP contribution < -0.4 is 15.4 Å². The molecule has 1 unspecified atom stereocenters. The van der Waals surface area contributed by atoms with Gasteiger partial charge in [0.1, 0.15) is 10.9 Å². The van der Waals surface area contributed by atoms with E-state index < -0.39 is 22.0 Å². The van der Waals surface area contributed by atoms with E-state index in [9.17, 15) is 18.0 Å². The van der Waals surface area contributed by atoms with Gasteiger partial charge in [0.05, 0.1) is 15.6 Å². The van der Waals surface area contributed by atoms with Crippen molar-refractivity contribution in [1.82, 2.24) is 15.4 Å². The number of amides is 2. The molecule has 0 radical (unpaired) electrons. The second-order valence-corrected chi connectivity index (χ2v) is 8.24. The molecule has 7 nitrogen and oxygen atoms in total. The fourth-order valence-electron chi connectivity index (χ4n) is 2.06. The predicted octanol–water partition coefficient (Wildman–Crippen LogP) is 1.69. The van der Waals surface area contributed by atoms with E-state index in [-0.39, 0.29) is 32.5 Å². The van der Waals surface area contributed by atoms with Crippen molar-refractivity contribution in [2.45, 2.75) is 43.7 Å². The highest BCUT2D eigenvalue weighted by atomic mass is 35.5. The molecule has 2 rings (SSSR count). The first-order valence-corrected chi connectivity index (χ1v) is 9.99. The molecule has 0 spiro atoms. The van der Waals surface area contributed by atoms with Gasteiger partial charge in [0.25, 0.3) is 5.91 Å². The number of hydrogen-bond acceptors (Lipinski definition) is 4. The fraction of sp³-hybridized carbons (Fsp3) is 0.467. The topological polar surface area (TPSA) is 104 Å². The normalized spacial score (nSPS) is 15.5. The Kier molecular flexibility index (Phi) is 6.31. The molecule has 138 valence electrons. The molecule has 3 N–H and O–H groups in total. The fourth-order valence-corrected chi connectivity index (χ4v) is 4.22. The molecule has 0 aromatic heterocycles. The Balaban J connectivity index is 2.27. The maximum atomic E-state index is 12.4. The Morgan fingerprint density at radius 3 is 2.44 bits per heavy atom. The van der Waals surface area contributed by atoms with Gasteiger partial charge in [-0.2, -0.15) is 0 Å². The lowest BCUT2D eigenvalue weighted by Crippen LogP contribution is -2.44. The van der Waals surface area contributed by atoms with E-state index in [0.717, 1.165) is 18.9 Å². The maximum Gasteiger partial charge on any atom is 0.253 e. The van der Waals surface area contributed by atoms with Crippen molar-refractivity contribution < 1.29 is 18.0 Å². The Labute approximate surface area is 156 Å². The Hall–Kier alpha value is -1.35. The van der Waals surface area contributed by atoms with Gasteiger partial charge >= 0.3 is 0 Å². The molecule has 25 heavy (non-hydrogen) atoms. The molecular weight excluding hydrogens is 389 g/mol. The summed E-state index contributed by atoms with van der Waals surface area (Å²) in [5.41, 5.74) is -0.0709. The van der Waals surface area contributed by atoms with Gasteiger partial charge in [0.15, 0.2) is 0 Å². The molecule has 0 heterocycles. The monoisotopic (exact) mass is 407 g/mol. The standard InChI is InChI=1S/C15H19Cl2N3O4S/c1-3-18-14(21)8(2)19-15(22)10-6-13(12(17)7-11(10)16)25(23,24)20-9-4-5-9/h6-9,20H,3-5H2,1-2H3,(H,18,21)(H,19,22). The summed E-state index contributed by atoms with van der Waals surface area (Å²) in [6.45, 7) is 3.70. The smallest absolute Gasteiger partial charge is 0.253 e. The lowest BCUT2D eigenvalue weighted by molar-refractivity contribution is -0.122. The van der Waals surface area contributed by atoms with Gasteiger partial charge in [-0.25, -0.2) is 13.1 Å². The first-order valence-electron chi connectivity index (χ1n) is 7.75. The van der Waals surface area contributed by atoms with E-state index in [1.807, 2.05) is 0 Å². The summed E-state index contributed by atoms with van der Waals surface area (Å²) >= 11 is 12.0. The van der Waals surface area contributed by atoms with Crippen LogP contribution in [0.15, 0.2) is 17.0 Å². The van der Waals surface area contributed by atoms with Gasteiger partial charge in [-0.3, -0.25) is 9.59 Å². The van der Waals surface area contributed by atoms with Crippen molar-refractivity contribution in [3.63, 3.8) is 0 Å². The van der Waals surface area contributed by atoms with E-state index in [0.29, 0.717) is 6.54 Å². The van der Waals surface area contributed by atoms with Crippen LogP contribution in [-0.4, -0.2) is 38.9 Å². The van der Waals surface area contributed by atoms with Gasteiger partial charge in [0.2, 0.25) is 15.9 Å². The number of benzene rings is 1. The van der Waals surface area contributed by atoms with Crippen LogP contribution in [0.25, 0.3) is 0 Å². The maximum absolute atomic E-state index is 12.4. The van der Waals surface area contributed by atoms with Crippen molar-refractivity contribution in [2.75, 3.05) is 6.54 Å². The van der Waals surface area contributed by atoms with Gasteiger partial charge in [-0.15, -0.1) is 0 Å². The van der Waals surface area contributed by atoms with Crippen LogP contribution in [0.3, 0.4) is 0 Å². The summed E-state index contributed by atoms with van der Waals surface area (Å²) in [5.74, 6) is -1.02. The molecule has 1 saturated carbocycles. The van der Waals surface area contributed by atoms with Crippen LogP contribution in [0.5, 0.6) is 0 Å². The molecule has 1 fully saturated rings. The highest BCUT2D eigenvalue weighted by Gasteiger charge is 2.30. The minimum atomic E-state index is -3.85. The molecule has 2 amide bonds. The summed E-state index contributed by atoms with van der Waals surface area (Å²) in [7, 11) is -3.85. The zero-order valence-corrected chi connectivity index (χ0v) is 16.1. The number of sulfonamides is 1. The zero-order valence-electron chi connectivity index (χ0n) is 13.7. The van der Waals surface area contributed by atoms with Crippen molar-refractivity contribution in [3.8, 4) is 0 Å². The van der Waals surface area contributed by atoms with Gasteiger partial charge in [-0.05, 0) is 38.8 Å². The number of likely N-dealkylation sites (N-methyl/N-ethyl adjacent to an activating group) is 1. The molecular formula is C15H19Cl2N3O4S. The first kappa shape index (κ1) is 20.0.